The third kappa shape index (κ3) is 4.09. The maximum atomic E-state index is 12.5. The number of hydrogen-bond acceptors (Lipinski definition) is 4. The van der Waals surface area contributed by atoms with Gasteiger partial charge in [-0.1, -0.05) is 20.8 Å². The van der Waals surface area contributed by atoms with E-state index in [9.17, 15) is 9.90 Å². The Hall–Kier alpha value is -1.33. The first-order valence-electron chi connectivity index (χ1n) is 9.57. The molecule has 1 aliphatic carbocycles. The van der Waals surface area contributed by atoms with Gasteiger partial charge in [-0.15, -0.1) is 0 Å². The van der Waals surface area contributed by atoms with Crippen LogP contribution in [0, 0.1) is 18.3 Å². The summed E-state index contributed by atoms with van der Waals surface area (Å²) in [5.41, 5.74) is 1.62. The quantitative estimate of drug-likeness (QED) is 0.878. The highest BCUT2D eigenvalue weighted by molar-refractivity contribution is 5.93. The van der Waals surface area contributed by atoms with Crippen molar-refractivity contribution < 1.29 is 14.3 Å². The molecule has 1 aliphatic heterocycles. The summed E-state index contributed by atoms with van der Waals surface area (Å²) >= 11 is 0. The zero-order valence-corrected chi connectivity index (χ0v) is 16.0. The Kier molecular flexibility index (Phi) is 5.26. The van der Waals surface area contributed by atoms with Gasteiger partial charge in [0.05, 0.1) is 6.10 Å². The molecule has 2 N–H and O–H groups in total. The standard InChI is InChI=1S/C20H32N2O3/c1-13-5-8-22(9-6-13)10-7-21-19(24)18-14(2)17-15(23)11-20(3,4)12-16(17)25-18/h13,15,23H,5-12H2,1-4H3,(H,21,24)/t15-/m0/s1. The molecular weight excluding hydrogens is 316 g/mol. The number of amides is 1. The Morgan fingerprint density at radius 3 is 2.72 bits per heavy atom. The van der Waals surface area contributed by atoms with Crippen LogP contribution in [0.1, 0.15) is 73.6 Å². The highest BCUT2D eigenvalue weighted by Gasteiger charge is 2.37. The third-order valence-corrected chi connectivity index (χ3v) is 5.78. The van der Waals surface area contributed by atoms with E-state index >= 15 is 0 Å². The molecular formula is C20H32N2O3. The Morgan fingerprint density at radius 1 is 1.36 bits per heavy atom. The van der Waals surface area contributed by atoms with Crippen molar-refractivity contribution >= 4 is 5.91 Å². The number of aliphatic hydroxyl groups excluding tert-OH is 1. The van der Waals surface area contributed by atoms with Crippen LogP contribution in [0.15, 0.2) is 4.42 Å². The summed E-state index contributed by atoms with van der Waals surface area (Å²) in [6.45, 7) is 12.2. The molecule has 0 bridgehead atoms. The predicted octanol–water partition coefficient (Wildman–Crippen LogP) is 3.06. The number of hydrogen-bond donors (Lipinski definition) is 2. The van der Waals surface area contributed by atoms with Crippen molar-refractivity contribution in [3.63, 3.8) is 0 Å². The van der Waals surface area contributed by atoms with E-state index in [1.807, 2.05) is 6.92 Å². The molecule has 0 unspecified atom stereocenters. The summed E-state index contributed by atoms with van der Waals surface area (Å²) in [5.74, 6) is 1.80. The minimum atomic E-state index is -0.542. The minimum Gasteiger partial charge on any atom is -0.455 e. The number of rotatable bonds is 4. The number of fused-ring (bicyclic) bond motifs is 1. The smallest absolute Gasteiger partial charge is 0.287 e. The zero-order chi connectivity index (χ0) is 18.2. The molecule has 5 nitrogen and oxygen atoms in total. The summed E-state index contributed by atoms with van der Waals surface area (Å²) < 4.78 is 5.88. The first kappa shape index (κ1) is 18.5. The Balaban J connectivity index is 1.60. The van der Waals surface area contributed by atoms with E-state index in [2.05, 4.69) is 31.0 Å². The van der Waals surface area contributed by atoms with E-state index < -0.39 is 6.10 Å². The monoisotopic (exact) mass is 348 g/mol. The number of carbonyl (C=O) groups excluding carboxylic acids is 1. The van der Waals surface area contributed by atoms with Crippen molar-refractivity contribution in [2.45, 2.75) is 59.5 Å². The normalized spacial score (nSPS) is 24.1. The van der Waals surface area contributed by atoms with E-state index in [1.54, 1.807) is 0 Å². The first-order chi connectivity index (χ1) is 11.8. The van der Waals surface area contributed by atoms with Crippen molar-refractivity contribution in [3.8, 4) is 0 Å². The number of piperidine rings is 1. The largest absolute Gasteiger partial charge is 0.455 e. The molecule has 1 fully saturated rings. The van der Waals surface area contributed by atoms with Gasteiger partial charge in [-0.05, 0) is 50.6 Å². The summed E-state index contributed by atoms with van der Waals surface area (Å²) in [6, 6.07) is 0. The maximum Gasteiger partial charge on any atom is 0.287 e. The highest BCUT2D eigenvalue weighted by Crippen LogP contribution is 2.43. The number of aliphatic hydroxyl groups is 1. The van der Waals surface area contributed by atoms with E-state index in [-0.39, 0.29) is 11.3 Å². The van der Waals surface area contributed by atoms with E-state index in [0.29, 0.717) is 18.7 Å². The van der Waals surface area contributed by atoms with Gasteiger partial charge in [0.25, 0.3) is 5.91 Å². The molecule has 1 aromatic rings. The second-order valence-corrected chi connectivity index (χ2v) is 8.73. The van der Waals surface area contributed by atoms with E-state index in [1.165, 1.54) is 12.8 Å². The molecule has 25 heavy (non-hydrogen) atoms. The average molecular weight is 348 g/mol. The Labute approximate surface area is 150 Å². The summed E-state index contributed by atoms with van der Waals surface area (Å²) in [4.78, 5) is 14.9. The molecule has 140 valence electrons. The molecule has 1 amide bonds. The molecule has 0 saturated carbocycles. The van der Waals surface area contributed by atoms with Crippen LogP contribution < -0.4 is 5.32 Å². The van der Waals surface area contributed by atoms with E-state index in [4.69, 9.17) is 4.42 Å². The van der Waals surface area contributed by atoms with Crippen LogP contribution in [-0.4, -0.2) is 42.1 Å². The van der Waals surface area contributed by atoms with Crippen molar-refractivity contribution in [1.82, 2.24) is 10.2 Å². The summed E-state index contributed by atoms with van der Waals surface area (Å²) in [6.07, 6.45) is 3.41. The van der Waals surface area contributed by atoms with Gasteiger partial charge in [-0.25, -0.2) is 0 Å². The topological polar surface area (TPSA) is 65.7 Å². The third-order valence-electron chi connectivity index (χ3n) is 5.78. The van der Waals surface area contributed by atoms with Crippen LogP contribution in [0.2, 0.25) is 0 Å². The fraction of sp³-hybridized carbons (Fsp3) is 0.750. The molecule has 2 aliphatic rings. The van der Waals surface area contributed by atoms with Crippen molar-refractivity contribution in [1.29, 1.82) is 0 Å². The van der Waals surface area contributed by atoms with Gasteiger partial charge in [0, 0.05) is 30.6 Å². The number of furan rings is 1. The lowest BCUT2D eigenvalue weighted by molar-refractivity contribution is 0.0880. The molecule has 1 aromatic heterocycles. The van der Waals surface area contributed by atoms with Gasteiger partial charge in [-0.2, -0.15) is 0 Å². The zero-order valence-electron chi connectivity index (χ0n) is 16.0. The average Bonchev–Trinajstić information content (AvgIpc) is 2.84. The van der Waals surface area contributed by atoms with Gasteiger partial charge in [-0.3, -0.25) is 4.79 Å². The predicted molar refractivity (Wildman–Crippen MR) is 97.7 cm³/mol. The second-order valence-electron chi connectivity index (χ2n) is 8.73. The summed E-state index contributed by atoms with van der Waals surface area (Å²) in [5, 5.41) is 13.4. The fourth-order valence-corrected chi connectivity index (χ4v) is 4.20. The first-order valence-corrected chi connectivity index (χ1v) is 9.57. The molecule has 5 heteroatoms. The molecule has 1 saturated heterocycles. The van der Waals surface area contributed by atoms with Crippen LogP contribution in [0.4, 0.5) is 0 Å². The van der Waals surface area contributed by atoms with Crippen molar-refractivity contribution in [2.24, 2.45) is 11.3 Å². The molecule has 0 aromatic carbocycles. The highest BCUT2D eigenvalue weighted by atomic mass is 16.4. The lowest BCUT2D eigenvalue weighted by Gasteiger charge is -2.31. The fourth-order valence-electron chi connectivity index (χ4n) is 4.20. The minimum absolute atomic E-state index is 0.00411. The Morgan fingerprint density at radius 2 is 2.04 bits per heavy atom. The van der Waals surface area contributed by atoms with Crippen LogP contribution in [-0.2, 0) is 6.42 Å². The number of nitrogens with zero attached hydrogens (tertiary/aromatic N) is 1. The summed E-state index contributed by atoms with van der Waals surface area (Å²) in [7, 11) is 0. The van der Waals surface area contributed by atoms with Crippen LogP contribution in [0.3, 0.4) is 0 Å². The molecule has 0 radical (unpaired) electrons. The van der Waals surface area contributed by atoms with Gasteiger partial charge in [0.2, 0.25) is 0 Å². The van der Waals surface area contributed by atoms with Crippen LogP contribution >= 0.6 is 0 Å². The number of carbonyl (C=O) groups is 1. The lowest BCUT2D eigenvalue weighted by atomic mass is 9.75. The van der Waals surface area contributed by atoms with Crippen molar-refractivity contribution in [3.05, 3.63) is 22.6 Å². The van der Waals surface area contributed by atoms with Gasteiger partial charge in [0.1, 0.15) is 5.76 Å². The van der Waals surface area contributed by atoms with Crippen LogP contribution in [0.5, 0.6) is 0 Å². The SMILES string of the molecule is Cc1c(C(=O)NCCN2CCC(C)CC2)oc2c1[C@@H](O)CC(C)(C)C2. The number of likely N-dealkylation sites (tertiary alicyclic amines) is 1. The molecule has 0 spiro atoms. The van der Waals surface area contributed by atoms with Gasteiger partial charge >= 0.3 is 0 Å². The maximum absolute atomic E-state index is 12.5. The van der Waals surface area contributed by atoms with Crippen LogP contribution in [0.25, 0.3) is 0 Å². The van der Waals surface area contributed by atoms with Crippen molar-refractivity contribution in [2.75, 3.05) is 26.2 Å². The second kappa shape index (κ2) is 7.12. The van der Waals surface area contributed by atoms with E-state index in [0.717, 1.165) is 48.9 Å². The molecule has 2 heterocycles. The molecule has 1 atom stereocenters. The molecule has 3 rings (SSSR count). The van der Waals surface area contributed by atoms with Gasteiger partial charge < -0.3 is 19.7 Å². The van der Waals surface area contributed by atoms with Gasteiger partial charge in [0.15, 0.2) is 5.76 Å². The Bertz CT molecular complexity index is 627. The lowest BCUT2D eigenvalue weighted by Crippen LogP contribution is -2.39. The number of nitrogens with one attached hydrogen (secondary N) is 1.